The molecule has 0 atom stereocenters. The zero-order valence-corrected chi connectivity index (χ0v) is 13.7. The molecule has 3 rings (SSSR count). The molecule has 1 saturated carbocycles. The molecule has 2 fully saturated rings. The highest BCUT2D eigenvalue weighted by Gasteiger charge is 2.58. The van der Waals surface area contributed by atoms with E-state index in [1.54, 1.807) is 19.2 Å². The van der Waals surface area contributed by atoms with E-state index in [4.69, 9.17) is 4.74 Å². The van der Waals surface area contributed by atoms with E-state index in [0.29, 0.717) is 37.4 Å². The quantitative estimate of drug-likeness (QED) is 0.847. The van der Waals surface area contributed by atoms with Crippen molar-refractivity contribution in [2.45, 2.75) is 12.8 Å². The van der Waals surface area contributed by atoms with Gasteiger partial charge in [0.2, 0.25) is 11.8 Å². The van der Waals surface area contributed by atoms with Crippen LogP contribution < -0.4 is 10.1 Å². The Labute approximate surface area is 136 Å². The lowest BCUT2D eigenvalue weighted by molar-refractivity contribution is -0.143. The van der Waals surface area contributed by atoms with Gasteiger partial charge >= 0.3 is 0 Å². The van der Waals surface area contributed by atoms with Gasteiger partial charge in [-0.2, -0.15) is 0 Å². The summed E-state index contributed by atoms with van der Waals surface area (Å²) in [5.74, 6) is 0.457. The van der Waals surface area contributed by atoms with Crippen molar-refractivity contribution in [3.63, 3.8) is 0 Å². The first-order valence-electron chi connectivity index (χ1n) is 7.98. The van der Waals surface area contributed by atoms with E-state index >= 15 is 0 Å². The molecule has 1 aliphatic carbocycles. The Bertz CT molecular complexity index is 605. The molecule has 1 aromatic rings. The maximum atomic E-state index is 12.8. The summed E-state index contributed by atoms with van der Waals surface area (Å²) in [5.41, 5.74) is -0.203. The first kappa shape index (κ1) is 15.8. The minimum Gasteiger partial charge on any atom is -0.497 e. The molecule has 0 spiro atoms. The van der Waals surface area contributed by atoms with E-state index in [2.05, 4.69) is 10.2 Å². The molecule has 1 saturated heterocycles. The summed E-state index contributed by atoms with van der Waals surface area (Å²) in [6.07, 6.45) is 1.27. The molecule has 0 unspecified atom stereocenters. The number of nitrogens with one attached hydrogen (secondary N) is 1. The van der Waals surface area contributed by atoms with E-state index in [1.165, 1.54) is 0 Å². The van der Waals surface area contributed by atoms with E-state index in [9.17, 15) is 9.59 Å². The van der Waals surface area contributed by atoms with E-state index in [-0.39, 0.29) is 11.8 Å². The number of carbonyl (C=O) groups excluding carboxylic acids is 2. The Hall–Kier alpha value is -2.08. The Kier molecular flexibility index (Phi) is 4.26. The van der Waals surface area contributed by atoms with Gasteiger partial charge in [0.25, 0.3) is 0 Å². The van der Waals surface area contributed by atoms with Crippen LogP contribution in [-0.2, 0) is 9.59 Å². The van der Waals surface area contributed by atoms with Gasteiger partial charge < -0.3 is 19.9 Å². The second-order valence-electron chi connectivity index (χ2n) is 6.36. The van der Waals surface area contributed by atoms with Crippen LogP contribution >= 0.6 is 0 Å². The summed E-state index contributed by atoms with van der Waals surface area (Å²) < 4.78 is 5.16. The molecule has 6 nitrogen and oxygen atoms in total. The van der Waals surface area contributed by atoms with Crippen LogP contribution in [0.5, 0.6) is 5.75 Å². The summed E-state index contributed by atoms with van der Waals surface area (Å²) in [5, 5.41) is 2.87. The number of likely N-dealkylation sites (N-methyl/N-ethyl adjacent to an activating group) is 1. The van der Waals surface area contributed by atoms with E-state index < -0.39 is 5.41 Å². The number of rotatable bonds is 4. The number of amides is 2. The fourth-order valence-corrected chi connectivity index (χ4v) is 2.93. The van der Waals surface area contributed by atoms with Crippen LogP contribution in [-0.4, -0.2) is 62.0 Å². The van der Waals surface area contributed by atoms with E-state index in [1.807, 2.05) is 24.1 Å². The summed E-state index contributed by atoms with van der Waals surface area (Å²) >= 11 is 0. The summed E-state index contributed by atoms with van der Waals surface area (Å²) in [6, 6.07) is 7.19. The van der Waals surface area contributed by atoms with Crippen LogP contribution in [0.3, 0.4) is 0 Å². The number of benzene rings is 1. The molecule has 2 amide bonds. The number of anilines is 1. The molecule has 0 bridgehead atoms. The van der Waals surface area contributed by atoms with E-state index in [0.717, 1.165) is 13.1 Å². The van der Waals surface area contributed by atoms with Crippen molar-refractivity contribution < 1.29 is 14.3 Å². The van der Waals surface area contributed by atoms with Gasteiger partial charge in [-0.25, -0.2) is 0 Å². The van der Waals surface area contributed by atoms with Crippen LogP contribution in [0.4, 0.5) is 5.69 Å². The lowest BCUT2D eigenvalue weighted by atomic mass is 10.0. The van der Waals surface area contributed by atoms with Gasteiger partial charge in [0.1, 0.15) is 11.2 Å². The van der Waals surface area contributed by atoms with Gasteiger partial charge in [-0.1, -0.05) is 6.07 Å². The zero-order chi connectivity index (χ0) is 16.4. The van der Waals surface area contributed by atoms with Crippen LogP contribution in [0, 0.1) is 5.41 Å². The third-order valence-corrected chi connectivity index (χ3v) is 4.71. The fourth-order valence-electron chi connectivity index (χ4n) is 2.93. The number of piperazine rings is 1. The predicted octanol–water partition coefficient (Wildman–Crippen LogP) is 1.19. The monoisotopic (exact) mass is 317 g/mol. The van der Waals surface area contributed by atoms with Crippen LogP contribution in [0.15, 0.2) is 24.3 Å². The molecule has 1 aromatic carbocycles. The highest BCUT2D eigenvalue weighted by Crippen LogP contribution is 2.48. The molecule has 1 aliphatic heterocycles. The van der Waals surface area contributed by atoms with Crippen molar-refractivity contribution in [2.75, 3.05) is 45.7 Å². The van der Waals surface area contributed by atoms with Gasteiger partial charge in [0.05, 0.1) is 7.11 Å². The number of carbonyl (C=O) groups is 2. The zero-order valence-electron chi connectivity index (χ0n) is 13.7. The van der Waals surface area contributed by atoms with Crippen molar-refractivity contribution in [1.29, 1.82) is 0 Å². The third-order valence-electron chi connectivity index (χ3n) is 4.71. The van der Waals surface area contributed by atoms with Crippen molar-refractivity contribution in [1.82, 2.24) is 9.80 Å². The second-order valence-corrected chi connectivity index (χ2v) is 6.36. The molecular formula is C17H23N3O3. The lowest BCUT2D eigenvalue weighted by Gasteiger charge is -2.34. The SMILES string of the molecule is COc1cccc(NC(=O)C2(C(=O)N3CCN(C)CC3)CC2)c1. The first-order chi connectivity index (χ1) is 11.0. The minimum atomic E-state index is -0.862. The number of hydrogen-bond donors (Lipinski definition) is 1. The highest BCUT2D eigenvalue weighted by atomic mass is 16.5. The maximum Gasteiger partial charge on any atom is 0.240 e. The van der Waals surface area contributed by atoms with Crippen LogP contribution in [0.2, 0.25) is 0 Å². The third kappa shape index (κ3) is 3.17. The molecule has 6 heteroatoms. The van der Waals surface area contributed by atoms with Crippen molar-refractivity contribution in [3.05, 3.63) is 24.3 Å². The van der Waals surface area contributed by atoms with Crippen molar-refractivity contribution in [3.8, 4) is 5.75 Å². The average molecular weight is 317 g/mol. The molecule has 0 aromatic heterocycles. The first-order valence-corrected chi connectivity index (χ1v) is 7.98. The van der Waals surface area contributed by atoms with Gasteiger partial charge in [-0.3, -0.25) is 9.59 Å². The molecule has 124 valence electrons. The van der Waals surface area contributed by atoms with Crippen LogP contribution in [0.1, 0.15) is 12.8 Å². The predicted molar refractivity (Wildman–Crippen MR) is 87.4 cm³/mol. The van der Waals surface area contributed by atoms with Gasteiger partial charge in [-0.05, 0) is 32.0 Å². The van der Waals surface area contributed by atoms with Crippen LogP contribution in [0.25, 0.3) is 0 Å². The van der Waals surface area contributed by atoms with Crippen molar-refractivity contribution in [2.24, 2.45) is 5.41 Å². The molecule has 0 radical (unpaired) electrons. The molecule has 23 heavy (non-hydrogen) atoms. The molecule has 1 heterocycles. The summed E-state index contributed by atoms with van der Waals surface area (Å²) in [6.45, 7) is 3.12. The molecule has 1 N–H and O–H groups in total. The summed E-state index contributed by atoms with van der Waals surface area (Å²) in [7, 11) is 3.63. The maximum absolute atomic E-state index is 12.8. The fraction of sp³-hybridized carbons (Fsp3) is 0.529. The largest absolute Gasteiger partial charge is 0.497 e. The summed E-state index contributed by atoms with van der Waals surface area (Å²) in [4.78, 5) is 29.4. The van der Waals surface area contributed by atoms with Crippen molar-refractivity contribution >= 4 is 17.5 Å². The molecular weight excluding hydrogens is 294 g/mol. The normalized spacial score (nSPS) is 20.0. The molecule has 2 aliphatic rings. The number of methoxy groups -OCH3 is 1. The highest BCUT2D eigenvalue weighted by molar-refractivity contribution is 6.13. The van der Waals surface area contributed by atoms with Gasteiger partial charge in [-0.15, -0.1) is 0 Å². The Morgan fingerprint density at radius 3 is 2.48 bits per heavy atom. The standard InChI is InChI=1S/C17H23N3O3/c1-19-8-10-20(11-9-19)16(22)17(6-7-17)15(21)18-13-4-3-5-14(12-13)23-2/h3-5,12H,6-11H2,1-2H3,(H,18,21). The van der Waals surface area contributed by atoms with Gasteiger partial charge in [0, 0.05) is 37.9 Å². The number of ether oxygens (including phenoxy) is 1. The minimum absolute atomic E-state index is 0.0222. The lowest BCUT2D eigenvalue weighted by Crippen LogP contribution is -2.51. The Balaban J connectivity index is 1.67. The Morgan fingerprint density at radius 1 is 1.17 bits per heavy atom. The number of nitrogens with zero attached hydrogens (tertiary/aromatic N) is 2. The topological polar surface area (TPSA) is 61.9 Å². The number of hydrogen-bond acceptors (Lipinski definition) is 4. The Morgan fingerprint density at radius 2 is 1.87 bits per heavy atom. The smallest absolute Gasteiger partial charge is 0.240 e. The second kappa shape index (κ2) is 6.20. The average Bonchev–Trinajstić information content (AvgIpc) is 3.37. The van der Waals surface area contributed by atoms with Gasteiger partial charge in [0.15, 0.2) is 0 Å².